The SMILES string of the molecule is CCC(C)Oc1cccc(NC(C)c2sccc2C)c1. The van der Waals surface area contributed by atoms with E-state index in [2.05, 4.69) is 56.6 Å². The predicted molar refractivity (Wildman–Crippen MR) is 87.9 cm³/mol. The van der Waals surface area contributed by atoms with Gasteiger partial charge in [-0.05, 0) is 56.3 Å². The molecule has 2 rings (SSSR count). The molecule has 0 aliphatic rings. The van der Waals surface area contributed by atoms with E-state index in [1.165, 1.54) is 10.4 Å². The second kappa shape index (κ2) is 6.80. The maximum absolute atomic E-state index is 5.86. The third kappa shape index (κ3) is 3.76. The summed E-state index contributed by atoms with van der Waals surface area (Å²) < 4.78 is 5.86. The van der Waals surface area contributed by atoms with Crippen LogP contribution in [0.25, 0.3) is 0 Å². The lowest BCUT2D eigenvalue weighted by atomic mass is 10.2. The lowest BCUT2D eigenvalue weighted by molar-refractivity contribution is 0.217. The van der Waals surface area contributed by atoms with Gasteiger partial charge in [-0.2, -0.15) is 0 Å². The Morgan fingerprint density at radius 3 is 2.70 bits per heavy atom. The first-order valence-corrected chi connectivity index (χ1v) is 8.05. The van der Waals surface area contributed by atoms with Crippen LogP contribution in [-0.2, 0) is 0 Å². The quantitative estimate of drug-likeness (QED) is 0.768. The van der Waals surface area contributed by atoms with E-state index in [0.29, 0.717) is 6.04 Å². The van der Waals surface area contributed by atoms with Crippen molar-refractivity contribution in [3.05, 3.63) is 46.2 Å². The van der Waals surface area contributed by atoms with E-state index >= 15 is 0 Å². The van der Waals surface area contributed by atoms with Crippen molar-refractivity contribution >= 4 is 17.0 Å². The number of rotatable bonds is 6. The Bertz CT molecular complexity index is 549. The largest absolute Gasteiger partial charge is 0.491 e. The molecule has 2 atom stereocenters. The molecule has 2 aromatic rings. The van der Waals surface area contributed by atoms with Gasteiger partial charge in [0.1, 0.15) is 5.75 Å². The molecule has 20 heavy (non-hydrogen) atoms. The molecule has 1 N–H and O–H groups in total. The van der Waals surface area contributed by atoms with Crippen molar-refractivity contribution in [2.45, 2.75) is 46.3 Å². The van der Waals surface area contributed by atoms with Crippen molar-refractivity contribution in [3.8, 4) is 5.75 Å². The van der Waals surface area contributed by atoms with E-state index in [4.69, 9.17) is 4.74 Å². The fourth-order valence-electron chi connectivity index (χ4n) is 2.12. The Morgan fingerprint density at radius 2 is 2.05 bits per heavy atom. The summed E-state index contributed by atoms with van der Waals surface area (Å²) in [6.07, 6.45) is 1.27. The highest BCUT2D eigenvalue weighted by molar-refractivity contribution is 7.10. The van der Waals surface area contributed by atoms with Crippen molar-refractivity contribution in [1.29, 1.82) is 0 Å². The first-order valence-electron chi connectivity index (χ1n) is 7.17. The van der Waals surface area contributed by atoms with Crippen LogP contribution in [0.1, 0.15) is 43.7 Å². The first-order chi connectivity index (χ1) is 9.60. The number of ether oxygens (including phenoxy) is 1. The molecule has 0 aliphatic heterocycles. The fourth-order valence-corrected chi connectivity index (χ4v) is 3.05. The second-order valence-electron chi connectivity index (χ2n) is 5.20. The number of anilines is 1. The zero-order valence-corrected chi connectivity index (χ0v) is 13.5. The summed E-state index contributed by atoms with van der Waals surface area (Å²) in [4.78, 5) is 1.39. The molecule has 0 saturated heterocycles. The number of aryl methyl sites for hydroxylation is 1. The molecule has 0 spiro atoms. The van der Waals surface area contributed by atoms with Crippen molar-refractivity contribution in [2.24, 2.45) is 0 Å². The van der Waals surface area contributed by atoms with Crippen molar-refractivity contribution in [3.63, 3.8) is 0 Å². The lowest BCUT2D eigenvalue weighted by Crippen LogP contribution is -2.10. The third-order valence-electron chi connectivity index (χ3n) is 3.42. The van der Waals surface area contributed by atoms with Gasteiger partial charge in [0.25, 0.3) is 0 Å². The van der Waals surface area contributed by atoms with Gasteiger partial charge in [-0.1, -0.05) is 13.0 Å². The summed E-state index contributed by atoms with van der Waals surface area (Å²) in [5.41, 5.74) is 2.45. The average molecular weight is 289 g/mol. The standard InChI is InChI=1S/C17H23NOS/c1-5-13(3)19-16-8-6-7-15(11-16)18-14(4)17-12(2)9-10-20-17/h6-11,13-14,18H,5H2,1-4H3. The summed E-state index contributed by atoms with van der Waals surface area (Å²) in [5, 5.41) is 5.69. The number of nitrogens with one attached hydrogen (secondary N) is 1. The monoisotopic (exact) mass is 289 g/mol. The van der Waals surface area contributed by atoms with Crippen LogP contribution in [0.4, 0.5) is 5.69 Å². The van der Waals surface area contributed by atoms with Gasteiger partial charge < -0.3 is 10.1 Å². The molecule has 2 unspecified atom stereocenters. The zero-order valence-electron chi connectivity index (χ0n) is 12.6. The molecule has 1 heterocycles. The van der Waals surface area contributed by atoms with Crippen LogP contribution in [0.5, 0.6) is 5.75 Å². The lowest BCUT2D eigenvalue weighted by Gasteiger charge is -2.17. The van der Waals surface area contributed by atoms with Gasteiger partial charge in [-0.3, -0.25) is 0 Å². The second-order valence-corrected chi connectivity index (χ2v) is 6.15. The van der Waals surface area contributed by atoms with Crippen LogP contribution in [0.2, 0.25) is 0 Å². The summed E-state index contributed by atoms with van der Waals surface area (Å²) >= 11 is 1.80. The van der Waals surface area contributed by atoms with E-state index in [1.54, 1.807) is 11.3 Å². The molecule has 108 valence electrons. The van der Waals surface area contributed by atoms with Crippen LogP contribution in [0.3, 0.4) is 0 Å². The van der Waals surface area contributed by atoms with E-state index in [-0.39, 0.29) is 6.10 Å². The fraction of sp³-hybridized carbons (Fsp3) is 0.412. The number of thiophene rings is 1. The molecule has 2 nitrogen and oxygen atoms in total. The number of hydrogen-bond donors (Lipinski definition) is 1. The zero-order chi connectivity index (χ0) is 14.5. The maximum atomic E-state index is 5.86. The van der Waals surface area contributed by atoms with Gasteiger partial charge in [0.2, 0.25) is 0 Å². The van der Waals surface area contributed by atoms with Crippen molar-refractivity contribution in [2.75, 3.05) is 5.32 Å². The molecule has 0 aliphatic carbocycles. The highest BCUT2D eigenvalue weighted by atomic mass is 32.1. The van der Waals surface area contributed by atoms with Crippen LogP contribution < -0.4 is 10.1 Å². The molecule has 0 fully saturated rings. The van der Waals surface area contributed by atoms with Gasteiger partial charge >= 0.3 is 0 Å². The number of benzene rings is 1. The van der Waals surface area contributed by atoms with Crippen molar-refractivity contribution in [1.82, 2.24) is 0 Å². The Morgan fingerprint density at radius 1 is 1.25 bits per heavy atom. The van der Waals surface area contributed by atoms with Gasteiger partial charge in [-0.15, -0.1) is 11.3 Å². The van der Waals surface area contributed by atoms with E-state index in [9.17, 15) is 0 Å². The highest BCUT2D eigenvalue weighted by Gasteiger charge is 2.10. The van der Waals surface area contributed by atoms with Crippen LogP contribution in [0, 0.1) is 6.92 Å². The summed E-state index contributed by atoms with van der Waals surface area (Å²) in [7, 11) is 0. The predicted octanol–water partition coefficient (Wildman–Crippen LogP) is 5.41. The highest BCUT2D eigenvalue weighted by Crippen LogP contribution is 2.28. The van der Waals surface area contributed by atoms with E-state index < -0.39 is 0 Å². The smallest absolute Gasteiger partial charge is 0.121 e. The molecule has 0 radical (unpaired) electrons. The summed E-state index contributed by atoms with van der Waals surface area (Å²) in [6.45, 7) is 8.58. The Hall–Kier alpha value is -1.48. The van der Waals surface area contributed by atoms with E-state index in [1.807, 2.05) is 12.1 Å². The molecule has 0 saturated carbocycles. The maximum Gasteiger partial charge on any atom is 0.121 e. The van der Waals surface area contributed by atoms with Crippen LogP contribution in [-0.4, -0.2) is 6.10 Å². The minimum absolute atomic E-state index is 0.252. The third-order valence-corrected chi connectivity index (χ3v) is 4.63. The Kier molecular flexibility index (Phi) is 5.07. The van der Waals surface area contributed by atoms with Crippen LogP contribution >= 0.6 is 11.3 Å². The topological polar surface area (TPSA) is 21.3 Å². The molecule has 0 amide bonds. The molecular weight excluding hydrogens is 266 g/mol. The first kappa shape index (κ1) is 14.9. The average Bonchev–Trinajstić information content (AvgIpc) is 2.85. The van der Waals surface area contributed by atoms with Crippen LogP contribution in [0.15, 0.2) is 35.7 Å². The molecule has 1 aromatic carbocycles. The number of hydrogen-bond acceptors (Lipinski definition) is 3. The van der Waals surface area contributed by atoms with Crippen molar-refractivity contribution < 1.29 is 4.74 Å². The van der Waals surface area contributed by atoms with Gasteiger partial charge in [0.05, 0.1) is 12.1 Å². The van der Waals surface area contributed by atoms with E-state index in [0.717, 1.165) is 17.9 Å². The van der Waals surface area contributed by atoms with Gasteiger partial charge in [0.15, 0.2) is 0 Å². The molecular formula is C17H23NOS. The Balaban J connectivity index is 2.06. The Labute approximate surface area is 125 Å². The molecule has 3 heteroatoms. The molecule has 0 bridgehead atoms. The van der Waals surface area contributed by atoms with Gasteiger partial charge in [0, 0.05) is 16.6 Å². The summed E-state index contributed by atoms with van der Waals surface area (Å²) in [5.74, 6) is 0.930. The normalized spacial score (nSPS) is 13.8. The minimum Gasteiger partial charge on any atom is -0.491 e. The molecule has 1 aromatic heterocycles. The van der Waals surface area contributed by atoms with Gasteiger partial charge in [-0.25, -0.2) is 0 Å². The minimum atomic E-state index is 0.252. The summed E-state index contributed by atoms with van der Waals surface area (Å²) in [6, 6.07) is 10.7.